The van der Waals surface area contributed by atoms with Gasteiger partial charge < -0.3 is 9.14 Å². The third-order valence-electron chi connectivity index (χ3n) is 5.53. The lowest BCUT2D eigenvalue weighted by atomic mass is 9.99. The summed E-state index contributed by atoms with van der Waals surface area (Å²) in [4.78, 5) is 11.5. The number of imidazole rings is 1. The van der Waals surface area contributed by atoms with Gasteiger partial charge in [0, 0.05) is 48.7 Å². The highest BCUT2D eigenvalue weighted by atomic mass is 19.1. The van der Waals surface area contributed by atoms with Gasteiger partial charge in [0.15, 0.2) is 0 Å². The monoisotopic (exact) mass is 418 g/mol. The average molecular weight is 419 g/mol. The van der Waals surface area contributed by atoms with Crippen LogP contribution in [-0.4, -0.2) is 46.8 Å². The number of pyridine rings is 1. The maximum Gasteiger partial charge on any atom is 0.136 e. The fourth-order valence-electron chi connectivity index (χ4n) is 3.87. The number of ether oxygens (including phenoxy) is 1. The second-order valence-electron chi connectivity index (χ2n) is 7.60. The van der Waals surface area contributed by atoms with Crippen LogP contribution < -0.4 is 0 Å². The highest BCUT2D eigenvalue weighted by molar-refractivity contribution is 5.96. The smallest absolute Gasteiger partial charge is 0.136 e. The lowest BCUT2D eigenvalue weighted by Crippen LogP contribution is -2.35. The van der Waals surface area contributed by atoms with E-state index in [4.69, 9.17) is 4.74 Å². The van der Waals surface area contributed by atoms with E-state index < -0.39 is 0 Å². The maximum absolute atomic E-state index is 13.8. The summed E-state index contributed by atoms with van der Waals surface area (Å²) < 4.78 is 21.4. The third-order valence-corrected chi connectivity index (χ3v) is 5.53. The van der Waals surface area contributed by atoms with Gasteiger partial charge in [-0.25, -0.2) is 9.37 Å². The quantitative estimate of drug-likeness (QED) is 0.428. The molecule has 6 heteroatoms. The summed E-state index contributed by atoms with van der Waals surface area (Å²) >= 11 is 0. The van der Waals surface area contributed by atoms with E-state index in [1.54, 1.807) is 25.3 Å². The summed E-state index contributed by atoms with van der Waals surface area (Å²) in [7, 11) is 0. The van der Waals surface area contributed by atoms with Crippen LogP contribution in [0.3, 0.4) is 0 Å². The van der Waals surface area contributed by atoms with Gasteiger partial charge in [-0.05, 0) is 49.7 Å². The number of aliphatic imine (C=N–C) groups is 1. The average Bonchev–Trinajstić information content (AvgIpc) is 3.18. The van der Waals surface area contributed by atoms with E-state index in [1.807, 2.05) is 31.3 Å². The Morgan fingerprint density at radius 2 is 2.00 bits per heavy atom. The first-order valence-corrected chi connectivity index (χ1v) is 10.5. The number of nitrogens with zero attached hydrogens (tertiary/aromatic N) is 4. The fraction of sp³-hybridized carbons (Fsp3) is 0.280. The second kappa shape index (κ2) is 9.37. The largest absolute Gasteiger partial charge is 0.379 e. The molecule has 4 rings (SSSR count). The summed E-state index contributed by atoms with van der Waals surface area (Å²) in [6.07, 6.45) is 7.56. The first-order chi connectivity index (χ1) is 15.1. The minimum Gasteiger partial charge on any atom is -0.379 e. The first-order valence-electron chi connectivity index (χ1n) is 10.5. The molecule has 1 aromatic carbocycles. The van der Waals surface area contributed by atoms with Crippen molar-refractivity contribution in [3.8, 4) is 0 Å². The minimum absolute atomic E-state index is 0.226. The molecule has 1 aliphatic heterocycles. The molecule has 0 amide bonds. The van der Waals surface area contributed by atoms with E-state index in [0.29, 0.717) is 5.56 Å². The molecule has 160 valence electrons. The molecule has 31 heavy (non-hydrogen) atoms. The van der Waals surface area contributed by atoms with Crippen LogP contribution >= 0.6 is 0 Å². The zero-order valence-corrected chi connectivity index (χ0v) is 18.0. The lowest BCUT2D eigenvalue weighted by molar-refractivity contribution is 0.0335. The molecular formula is C25H27FN4O. The molecule has 3 aromatic rings. The normalized spacial score (nSPS) is 16.1. The van der Waals surface area contributed by atoms with Crippen molar-refractivity contribution in [2.45, 2.75) is 20.4 Å². The van der Waals surface area contributed by atoms with Crippen LogP contribution in [0.1, 0.15) is 29.3 Å². The summed E-state index contributed by atoms with van der Waals surface area (Å²) in [5.41, 5.74) is 6.08. The predicted molar refractivity (Wildman–Crippen MR) is 124 cm³/mol. The van der Waals surface area contributed by atoms with Crippen molar-refractivity contribution in [1.29, 1.82) is 0 Å². The van der Waals surface area contributed by atoms with Crippen LogP contribution in [0.4, 0.5) is 4.39 Å². The van der Waals surface area contributed by atoms with Crippen LogP contribution in [0.25, 0.3) is 16.9 Å². The zero-order chi connectivity index (χ0) is 21.8. The molecule has 1 fully saturated rings. The molecule has 2 aromatic heterocycles. The molecular weight excluding hydrogens is 391 g/mol. The molecule has 0 aliphatic carbocycles. The zero-order valence-electron chi connectivity index (χ0n) is 18.0. The van der Waals surface area contributed by atoms with Gasteiger partial charge in [-0.2, -0.15) is 0 Å². The van der Waals surface area contributed by atoms with E-state index in [2.05, 4.69) is 32.1 Å². The van der Waals surface area contributed by atoms with Crippen molar-refractivity contribution in [3.05, 3.63) is 83.6 Å². The van der Waals surface area contributed by atoms with E-state index in [9.17, 15) is 4.39 Å². The topological polar surface area (TPSA) is 42.1 Å². The van der Waals surface area contributed by atoms with Gasteiger partial charge in [-0.3, -0.25) is 9.89 Å². The molecule has 5 nitrogen and oxygen atoms in total. The number of aryl methyl sites for hydroxylation is 1. The van der Waals surface area contributed by atoms with Gasteiger partial charge >= 0.3 is 0 Å². The maximum atomic E-state index is 13.8. The number of hydrogen-bond acceptors (Lipinski definition) is 4. The van der Waals surface area contributed by atoms with Crippen molar-refractivity contribution in [2.75, 3.05) is 26.3 Å². The first kappa shape index (κ1) is 21.2. The third kappa shape index (κ3) is 4.50. The van der Waals surface area contributed by atoms with Crippen LogP contribution in [-0.2, 0) is 11.3 Å². The molecule has 0 unspecified atom stereocenters. The van der Waals surface area contributed by atoms with Gasteiger partial charge in [-0.15, -0.1) is 0 Å². The summed E-state index contributed by atoms with van der Waals surface area (Å²) in [6.45, 7) is 11.9. The number of hydrogen-bond donors (Lipinski definition) is 0. The van der Waals surface area contributed by atoms with Gasteiger partial charge in [-0.1, -0.05) is 12.7 Å². The van der Waals surface area contributed by atoms with Crippen molar-refractivity contribution >= 4 is 23.1 Å². The summed E-state index contributed by atoms with van der Waals surface area (Å²) in [6, 6.07) is 9.09. The molecule has 0 bridgehead atoms. The summed E-state index contributed by atoms with van der Waals surface area (Å²) in [5.74, 6) is -0.226. The Bertz CT molecular complexity index is 1160. The SMILES string of the molecule is C=C/C(=C(\N=C/C)c1ccc(F)c(C)c1)c1ccc2ncc(CN3CCOCC3)n2c1. The Balaban J connectivity index is 1.78. The van der Waals surface area contributed by atoms with Crippen LogP contribution in [0, 0.1) is 12.7 Å². The van der Waals surface area contributed by atoms with E-state index in [-0.39, 0.29) is 5.82 Å². The Labute approximate surface area is 182 Å². The van der Waals surface area contributed by atoms with Gasteiger partial charge in [0.05, 0.1) is 30.8 Å². The van der Waals surface area contributed by atoms with Crippen molar-refractivity contribution in [3.63, 3.8) is 0 Å². The summed E-state index contributed by atoms with van der Waals surface area (Å²) in [5, 5.41) is 0. The number of allylic oxidation sites excluding steroid dienone is 2. The molecule has 0 radical (unpaired) electrons. The Kier molecular flexibility index (Phi) is 6.39. The highest BCUT2D eigenvalue weighted by Crippen LogP contribution is 2.30. The molecule has 0 atom stereocenters. The number of halogens is 1. The van der Waals surface area contributed by atoms with Crippen LogP contribution in [0.15, 0.2) is 60.4 Å². The number of rotatable bonds is 6. The predicted octanol–water partition coefficient (Wildman–Crippen LogP) is 4.76. The molecule has 1 aliphatic rings. The fourth-order valence-corrected chi connectivity index (χ4v) is 3.87. The Hall–Kier alpha value is -3.09. The molecule has 0 saturated carbocycles. The van der Waals surface area contributed by atoms with E-state index in [0.717, 1.165) is 66.6 Å². The number of morpholine rings is 1. The number of fused-ring (bicyclic) bond motifs is 1. The van der Waals surface area contributed by atoms with E-state index in [1.165, 1.54) is 6.07 Å². The minimum atomic E-state index is -0.226. The van der Waals surface area contributed by atoms with Crippen molar-refractivity contribution < 1.29 is 9.13 Å². The number of benzene rings is 1. The second-order valence-corrected chi connectivity index (χ2v) is 7.60. The van der Waals surface area contributed by atoms with Crippen LogP contribution in [0.2, 0.25) is 0 Å². The highest BCUT2D eigenvalue weighted by Gasteiger charge is 2.15. The van der Waals surface area contributed by atoms with E-state index >= 15 is 0 Å². The van der Waals surface area contributed by atoms with Gasteiger partial charge in [0.1, 0.15) is 11.5 Å². The Morgan fingerprint density at radius 3 is 2.71 bits per heavy atom. The molecule has 1 saturated heterocycles. The standard InChI is InChI=1S/C25H27FN4O/c1-4-22(25(27-5-2)19-6-8-23(26)18(3)14-19)20-7-9-24-28-15-21(30(24)16-20)17-29-10-12-31-13-11-29/h4-9,14-16H,1,10-13,17H2,2-3H3/b25-22+,27-5-. The van der Waals surface area contributed by atoms with Crippen LogP contribution in [0.5, 0.6) is 0 Å². The van der Waals surface area contributed by atoms with Gasteiger partial charge in [0.25, 0.3) is 0 Å². The van der Waals surface area contributed by atoms with Gasteiger partial charge in [0.2, 0.25) is 0 Å². The Morgan fingerprint density at radius 1 is 1.23 bits per heavy atom. The number of aromatic nitrogens is 2. The molecule has 3 heterocycles. The van der Waals surface area contributed by atoms with Crippen molar-refractivity contribution in [2.24, 2.45) is 4.99 Å². The lowest BCUT2D eigenvalue weighted by Gasteiger charge is -2.26. The molecule has 0 spiro atoms. The molecule has 0 N–H and O–H groups in total. The van der Waals surface area contributed by atoms with Crippen molar-refractivity contribution in [1.82, 2.24) is 14.3 Å².